The molecule has 3 nitrogen and oxygen atoms in total. The van der Waals surface area contributed by atoms with Crippen molar-refractivity contribution < 1.29 is 9.09 Å². The monoisotopic (exact) mass is 275 g/mol. The van der Waals surface area contributed by atoms with Gasteiger partial charge < -0.3 is 4.52 Å². The summed E-state index contributed by atoms with van der Waals surface area (Å²) in [6, 6.07) is 9.51. The van der Waals surface area contributed by atoms with Crippen LogP contribution < -0.4 is 0 Å². The molecule has 1 unspecified atom stereocenters. The third kappa shape index (κ3) is 3.59. The van der Waals surface area contributed by atoms with E-state index in [0.29, 0.717) is 6.61 Å². The summed E-state index contributed by atoms with van der Waals surface area (Å²) in [6.07, 6.45) is 0. The molecule has 0 aliphatic heterocycles. The van der Waals surface area contributed by atoms with Crippen LogP contribution in [0.4, 0.5) is 0 Å². The second-order valence-electron chi connectivity index (χ2n) is 2.97. The van der Waals surface area contributed by atoms with Gasteiger partial charge in [0.15, 0.2) is 0 Å². The molecule has 0 amide bonds. The summed E-state index contributed by atoms with van der Waals surface area (Å²) in [6.45, 7) is -0.734. The van der Waals surface area contributed by atoms with Crippen molar-refractivity contribution in [3.05, 3.63) is 30.3 Å². The first-order valence-electron chi connectivity index (χ1n) is 4.80. The molecular weight excluding hydrogens is 261 g/mol. The molecule has 0 aliphatic rings. The second kappa shape index (κ2) is 6.40. The first kappa shape index (κ1) is 13.7. The van der Waals surface area contributed by atoms with Crippen LogP contribution in [0, 0.1) is 0 Å². The fraction of sp³-hybridized carbons (Fsp3) is 0.300. The van der Waals surface area contributed by atoms with Crippen molar-refractivity contribution in [2.75, 3.05) is 13.7 Å². The summed E-state index contributed by atoms with van der Waals surface area (Å²) in [7, 11) is 1.67. The highest BCUT2D eigenvalue weighted by molar-refractivity contribution is 8.56. The molecule has 0 bridgehead atoms. The lowest BCUT2D eigenvalue weighted by atomic mass is 10.4. The van der Waals surface area contributed by atoms with Crippen molar-refractivity contribution in [2.24, 2.45) is 0 Å². The van der Waals surface area contributed by atoms with Gasteiger partial charge in [-0.15, -0.1) is 0 Å². The molecule has 0 spiro atoms. The number of nitrogens with zero attached hydrogens (tertiary/aromatic N) is 1. The molecule has 88 valence electrons. The van der Waals surface area contributed by atoms with Crippen molar-refractivity contribution in [2.45, 2.75) is 11.8 Å². The van der Waals surface area contributed by atoms with Crippen molar-refractivity contribution in [3.63, 3.8) is 0 Å². The fourth-order valence-electron chi connectivity index (χ4n) is 1.02. The predicted octanol–water partition coefficient (Wildman–Crippen LogP) is 3.81. The smallest absolute Gasteiger partial charge is 0.306 e. The van der Waals surface area contributed by atoms with Gasteiger partial charge in [0.2, 0.25) is 0 Å². The molecular formula is C10H14NO2PS2. The second-order valence-corrected chi connectivity index (χ2v) is 7.59. The van der Waals surface area contributed by atoms with E-state index >= 15 is 0 Å². The van der Waals surface area contributed by atoms with Crippen molar-refractivity contribution >= 4 is 35.8 Å². The maximum atomic E-state index is 12.5. The normalized spacial score (nSPS) is 14.1. The van der Waals surface area contributed by atoms with E-state index in [0.717, 1.165) is 4.90 Å². The number of rotatable bonds is 6. The molecule has 1 aromatic carbocycles. The third-order valence-corrected chi connectivity index (χ3v) is 6.87. The molecule has 6 heteroatoms. The van der Waals surface area contributed by atoms with Crippen LogP contribution in [-0.4, -0.2) is 23.8 Å². The number of thiocarbonyl (C=S) groups is 1. The van der Waals surface area contributed by atoms with Gasteiger partial charge in [-0.25, -0.2) is 0 Å². The van der Waals surface area contributed by atoms with E-state index in [1.54, 1.807) is 7.05 Å². The Labute approximate surface area is 105 Å². The summed E-state index contributed by atoms with van der Waals surface area (Å²) < 4.78 is 19.3. The zero-order chi connectivity index (χ0) is 12.0. The average molecular weight is 275 g/mol. The topological polar surface area (TPSA) is 29.5 Å². The fourth-order valence-corrected chi connectivity index (χ4v) is 5.09. The number of benzene rings is 1. The van der Waals surface area contributed by atoms with E-state index < -0.39 is 6.72 Å². The Hall–Kier alpha value is -0.350. The van der Waals surface area contributed by atoms with Crippen molar-refractivity contribution in [1.29, 1.82) is 0 Å². The zero-order valence-electron chi connectivity index (χ0n) is 9.20. The van der Waals surface area contributed by atoms with E-state index in [1.165, 1.54) is 21.5 Å². The van der Waals surface area contributed by atoms with Crippen molar-refractivity contribution in [1.82, 2.24) is 4.67 Å². The molecule has 0 saturated carbocycles. The van der Waals surface area contributed by atoms with E-state index in [4.69, 9.17) is 16.7 Å². The van der Waals surface area contributed by atoms with E-state index in [2.05, 4.69) is 0 Å². The predicted molar refractivity (Wildman–Crippen MR) is 72.9 cm³/mol. The highest BCUT2D eigenvalue weighted by Crippen LogP contribution is 2.64. The quantitative estimate of drug-likeness (QED) is 0.581. The Morgan fingerprint density at radius 1 is 1.50 bits per heavy atom. The van der Waals surface area contributed by atoms with Crippen LogP contribution in [0.1, 0.15) is 6.92 Å². The minimum absolute atomic E-state index is 0.393. The van der Waals surface area contributed by atoms with Gasteiger partial charge in [-0.2, -0.15) is 0 Å². The van der Waals surface area contributed by atoms with E-state index in [1.807, 2.05) is 37.3 Å². The summed E-state index contributed by atoms with van der Waals surface area (Å²) in [4.78, 5) is 0.906. The Kier molecular flexibility index (Phi) is 5.49. The standard InChI is InChI=1S/C10H14NO2PS2/c1-3-13-14(12,11(2)9-15)16-10-7-5-4-6-8-10/h4-9H,3H2,1-2H3. The lowest BCUT2D eigenvalue weighted by Gasteiger charge is -2.24. The minimum Gasteiger partial charge on any atom is -0.306 e. The SMILES string of the molecule is CCOP(=O)(Sc1ccccc1)N(C)C=S. The molecule has 0 heterocycles. The van der Waals surface area contributed by atoms with Gasteiger partial charge in [0.1, 0.15) is 0 Å². The molecule has 0 saturated heterocycles. The minimum atomic E-state index is -2.94. The lowest BCUT2D eigenvalue weighted by molar-refractivity contribution is 0.325. The van der Waals surface area contributed by atoms with Gasteiger partial charge in [-0.1, -0.05) is 30.4 Å². The van der Waals surface area contributed by atoms with Crippen LogP contribution in [-0.2, 0) is 9.09 Å². The maximum absolute atomic E-state index is 12.5. The van der Waals surface area contributed by atoms with Crippen LogP contribution in [0.15, 0.2) is 35.2 Å². The highest BCUT2D eigenvalue weighted by Gasteiger charge is 2.28. The van der Waals surface area contributed by atoms with Crippen molar-refractivity contribution in [3.8, 4) is 0 Å². The molecule has 0 aromatic heterocycles. The molecule has 0 N–H and O–H groups in total. The van der Waals surface area contributed by atoms with E-state index in [9.17, 15) is 4.57 Å². The lowest BCUT2D eigenvalue weighted by Crippen LogP contribution is -2.11. The molecule has 0 radical (unpaired) electrons. The number of hydrogen-bond acceptors (Lipinski definition) is 4. The summed E-state index contributed by atoms with van der Waals surface area (Å²) in [5.74, 6) is 0. The first-order valence-corrected chi connectivity index (χ1v) is 8.27. The van der Waals surface area contributed by atoms with Crippen LogP contribution in [0.25, 0.3) is 0 Å². The van der Waals surface area contributed by atoms with Gasteiger partial charge in [-0.05, 0) is 30.4 Å². The summed E-state index contributed by atoms with van der Waals surface area (Å²) >= 11 is 6.00. The summed E-state index contributed by atoms with van der Waals surface area (Å²) in [5.41, 5.74) is 1.35. The van der Waals surface area contributed by atoms with Gasteiger partial charge in [0, 0.05) is 11.9 Å². The Bertz CT molecular complexity index is 386. The van der Waals surface area contributed by atoms with Crippen LogP contribution in [0.3, 0.4) is 0 Å². The van der Waals surface area contributed by atoms with Crippen LogP contribution in [0.2, 0.25) is 0 Å². The largest absolute Gasteiger partial charge is 0.358 e. The third-order valence-electron chi connectivity index (χ3n) is 1.80. The van der Waals surface area contributed by atoms with Crippen LogP contribution in [0.5, 0.6) is 0 Å². The number of hydrogen-bond donors (Lipinski definition) is 0. The first-order chi connectivity index (χ1) is 7.62. The maximum Gasteiger partial charge on any atom is 0.358 e. The molecule has 1 rings (SSSR count). The molecule has 1 atom stereocenters. The molecule has 16 heavy (non-hydrogen) atoms. The zero-order valence-corrected chi connectivity index (χ0v) is 11.7. The van der Waals surface area contributed by atoms with Gasteiger partial charge in [0.25, 0.3) is 0 Å². The average Bonchev–Trinajstić information content (AvgIpc) is 2.29. The Morgan fingerprint density at radius 2 is 2.12 bits per heavy atom. The van der Waals surface area contributed by atoms with E-state index in [-0.39, 0.29) is 0 Å². The Balaban J connectivity index is 2.87. The summed E-state index contributed by atoms with van der Waals surface area (Å²) in [5, 5.41) is 0. The highest BCUT2D eigenvalue weighted by atomic mass is 32.7. The van der Waals surface area contributed by atoms with Crippen LogP contribution >= 0.6 is 30.3 Å². The molecule has 0 aliphatic carbocycles. The van der Waals surface area contributed by atoms with Gasteiger partial charge >= 0.3 is 6.72 Å². The Morgan fingerprint density at radius 3 is 2.62 bits per heavy atom. The molecule has 1 aromatic rings. The van der Waals surface area contributed by atoms with Gasteiger partial charge in [0.05, 0.1) is 12.1 Å². The van der Waals surface area contributed by atoms with Gasteiger partial charge in [-0.3, -0.25) is 9.24 Å². The molecule has 0 fully saturated rings.